The molecule has 0 saturated heterocycles. The summed E-state index contributed by atoms with van der Waals surface area (Å²) in [6.07, 6.45) is 1.43. The molecule has 0 unspecified atom stereocenters. The molecule has 1 N–H and O–H groups in total. The molecule has 3 rings (SSSR count). The van der Waals surface area contributed by atoms with E-state index in [1.165, 1.54) is 44.0 Å². The van der Waals surface area contributed by atoms with E-state index in [1.807, 2.05) is 0 Å². The number of benzene rings is 1. The monoisotopic (exact) mass is 407 g/mol. The molecule has 9 heteroatoms. The number of carbonyl (C=O) groups is 1. The topological polar surface area (TPSA) is 94.8 Å². The lowest BCUT2D eigenvalue weighted by molar-refractivity contribution is 0.101. The van der Waals surface area contributed by atoms with Gasteiger partial charge in [0.1, 0.15) is 16.4 Å². The molecule has 7 nitrogen and oxygen atoms in total. The third kappa shape index (κ3) is 4.21. The van der Waals surface area contributed by atoms with Crippen molar-refractivity contribution in [3.05, 3.63) is 64.2 Å². The first-order chi connectivity index (χ1) is 12.9. The maximum absolute atomic E-state index is 12.7. The van der Waals surface area contributed by atoms with Crippen molar-refractivity contribution in [1.82, 2.24) is 4.72 Å². The van der Waals surface area contributed by atoms with Crippen LogP contribution in [0.5, 0.6) is 11.5 Å². The highest BCUT2D eigenvalue weighted by Crippen LogP contribution is 2.28. The Bertz CT molecular complexity index is 1040. The molecule has 27 heavy (non-hydrogen) atoms. The fourth-order valence-electron chi connectivity index (χ4n) is 2.36. The summed E-state index contributed by atoms with van der Waals surface area (Å²) in [5.74, 6) is 0.612. The highest BCUT2D eigenvalue weighted by atomic mass is 32.2. The molecule has 0 aliphatic heterocycles. The highest BCUT2D eigenvalue weighted by molar-refractivity contribution is 7.89. The molecule has 0 saturated carbocycles. The van der Waals surface area contributed by atoms with Gasteiger partial charge >= 0.3 is 0 Å². The van der Waals surface area contributed by atoms with Crippen LogP contribution in [0.25, 0.3) is 0 Å². The number of nitrogens with one attached hydrogen (secondary N) is 1. The van der Waals surface area contributed by atoms with E-state index in [-0.39, 0.29) is 28.7 Å². The van der Waals surface area contributed by atoms with Gasteiger partial charge in [0.15, 0.2) is 5.76 Å². The molecule has 2 aromatic heterocycles. The molecule has 3 aromatic rings. The smallest absolute Gasteiger partial charge is 0.244 e. The summed E-state index contributed by atoms with van der Waals surface area (Å²) in [5, 5.41) is 0. The zero-order valence-corrected chi connectivity index (χ0v) is 16.2. The minimum absolute atomic E-state index is 0.0206. The fourth-order valence-corrected chi connectivity index (χ4v) is 4.53. The van der Waals surface area contributed by atoms with E-state index in [2.05, 4.69) is 4.72 Å². The molecule has 0 atom stereocenters. The van der Waals surface area contributed by atoms with E-state index < -0.39 is 10.0 Å². The van der Waals surface area contributed by atoms with E-state index in [9.17, 15) is 13.2 Å². The first kappa shape index (κ1) is 19.2. The van der Waals surface area contributed by atoms with Crippen LogP contribution in [0.4, 0.5) is 0 Å². The maximum atomic E-state index is 12.7. The second-order valence-corrected chi connectivity index (χ2v) is 8.32. The van der Waals surface area contributed by atoms with Crippen molar-refractivity contribution < 1.29 is 27.1 Å². The van der Waals surface area contributed by atoms with Gasteiger partial charge in [0.05, 0.1) is 25.4 Å². The Morgan fingerprint density at radius 2 is 1.96 bits per heavy atom. The molecule has 0 amide bonds. The predicted molar refractivity (Wildman–Crippen MR) is 100 cm³/mol. The molecule has 2 heterocycles. The maximum Gasteiger partial charge on any atom is 0.244 e. The van der Waals surface area contributed by atoms with Crippen molar-refractivity contribution in [2.24, 2.45) is 0 Å². The average molecular weight is 407 g/mol. The Labute approximate surface area is 160 Å². The van der Waals surface area contributed by atoms with E-state index in [0.717, 1.165) is 0 Å². The van der Waals surface area contributed by atoms with Gasteiger partial charge in [-0.15, -0.1) is 11.3 Å². The summed E-state index contributed by atoms with van der Waals surface area (Å²) in [7, 11) is -0.991. The van der Waals surface area contributed by atoms with E-state index in [0.29, 0.717) is 15.5 Å². The Morgan fingerprint density at radius 1 is 1.15 bits per heavy atom. The summed E-state index contributed by atoms with van der Waals surface area (Å²) in [6.45, 7) is 0.0405. The van der Waals surface area contributed by atoms with Crippen molar-refractivity contribution in [3.63, 3.8) is 0 Å². The van der Waals surface area contributed by atoms with Crippen LogP contribution in [0, 0.1) is 0 Å². The first-order valence-electron chi connectivity index (χ1n) is 7.83. The molecule has 0 aliphatic rings. The minimum atomic E-state index is -3.84. The van der Waals surface area contributed by atoms with Crippen LogP contribution in [0.2, 0.25) is 0 Å². The molecule has 0 bridgehead atoms. The number of hydrogen-bond donors (Lipinski definition) is 1. The van der Waals surface area contributed by atoms with Gasteiger partial charge < -0.3 is 13.9 Å². The molecular weight excluding hydrogens is 390 g/mol. The van der Waals surface area contributed by atoms with Crippen LogP contribution < -0.4 is 14.2 Å². The lowest BCUT2D eigenvalue weighted by atomic mass is 10.2. The lowest BCUT2D eigenvalue weighted by Crippen LogP contribution is -2.23. The molecule has 0 aliphatic carbocycles. The lowest BCUT2D eigenvalue weighted by Gasteiger charge is -2.11. The third-order valence-electron chi connectivity index (χ3n) is 3.73. The second-order valence-electron chi connectivity index (χ2n) is 5.41. The van der Waals surface area contributed by atoms with Crippen molar-refractivity contribution in [1.29, 1.82) is 0 Å². The quantitative estimate of drug-likeness (QED) is 0.577. The van der Waals surface area contributed by atoms with Gasteiger partial charge in [0.25, 0.3) is 0 Å². The highest BCUT2D eigenvalue weighted by Gasteiger charge is 2.21. The number of ketones is 1. The van der Waals surface area contributed by atoms with Crippen LogP contribution in [-0.2, 0) is 16.6 Å². The molecule has 142 valence electrons. The molecule has 0 fully saturated rings. The number of sulfonamides is 1. The Hall–Kier alpha value is -2.62. The number of methoxy groups -OCH3 is 2. The summed E-state index contributed by atoms with van der Waals surface area (Å²) in [5.41, 5.74) is 0. The van der Waals surface area contributed by atoms with Gasteiger partial charge in [-0.3, -0.25) is 4.79 Å². The van der Waals surface area contributed by atoms with Crippen LogP contribution in [-0.4, -0.2) is 28.4 Å². The van der Waals surface area contributed by atoms with E-state index >= 15 is 0 Å². The van der Waals surface area contributed by atoms with Crippen LogP contribution >= 0.6 is 11.3 Å². The predicted octanol–water partition coefficient (Wildman–Crippen LogP) is 3.07. The molecular formula is C18H17NO6S2. The number of furan rings is 1. The minimum Gasteiger partial charge on any atom is -0.497 e. The second kappa shape index (κ2) is 7.95. The average Bonchev–Trinajstić information content (AvgIpc) is 3.37. The Balaban J connectivity index is 1.76. The SMILES string of the molecule is COc1ccc(OC)c(S(=O)(=O)NCc2ccc(C(=O)c3ccco3)s2)c1. The van der Waals surface area contributed by atoms with Crippen LogP contribution in [0.15, 0.2) is 58.0 Å². The van der Waals surface area contributed by atoms with Gasteiger partial charge in [-0.05, 0) is 36.4 Å². The number of hydrogen-bond acceptors (Lipinski definition) is 7. The van der Waals surface area contributed by atoms with Crippen LogP contribution in [0.3, 0.4) is 0 Å². The van der Waals surface area contributed by atoms with Gasteiger partial charge in [-0.2, -0.15) is 0 Å². The van der Waals surface area contributed by atoms with Crippen molar-refractivity contribution in [2.45, 2.75) is 11.4 Å². The largest absolute Gasteiger partial charge is 0.497 e. The van der Waals surface area contributed by atoms with Crippen molar-refractivity contribution >= 4 is 27.1 Å². The fraction of sp³-hybridized carbons (Fsp3) is 0.167. The zero-order chi connectivity index (χ0) is 19.4. The van der Waals surface area contributed by atoms with Crippen LogP contribution in [0.1, 0.15) is 20.3 Å². The standard InChI is InChI=1S/C18H17NO6S2/c1-23-12-5-7-14(24-2)17(10-12)27(21,22)19-11-13-6-8-16(26-13)18(20)15-4-3-9-25-15/h3-10,19H,11H2,1-2H3. The first-order valence-corrected chi connectivity index (χ1v) is 10.1. The summed E-state index contributed by atoms with van der Waals surface area (Å²) >= 11 is 1.20. The normalized spacial score (nSPS) is 11.3. The number of thiophene rings is 1. The zero-order valence-electron chi connectivity index (χ0n) is 14.6. The summed E-state index contributed by atoms with van der Waals surface area (Å²) in [4.78, 5) is 13.4. The summed E-state index contributed by atoms with van der Waals surface area (Å²) in [6, 6.07) is 11.1. The molecule has 1 aromatic carbocycles. The van der Waals surface area contributed by atoms with Gasteiger partial charge in [0, 0.05) is 17.5 Å². The summed E-state index contributed by atoms with van der Waals surface area (Å²) < 4.78 is 43.1. The molecule has 0 spiro atoms. The van der Waals surface area contributed by atoms with E-state index in [1.54, 1.807) is 30.3 Å². The third-order valence-corrected chi connectivity index (χ3v) is 6.23. The van der Waals surface area contributed by atoms with Gasteiger partial charge in [-0.25, -0.2) is 13.1 Å². The molecule has 0 radical (unpaired) electrons. The number of ether oxygens (including phenoxy) is 2. The Morgan fingerprint density at radius 3 is 2.63 bits per heavy atom. The van der Waals surface area contributed by atoms with Crippen molar-refractivity contribution in [3.8, 4) is 11.5 Å². The number of carbonyl (C=O) groups excluding carboxylic acids is 1. The van der Waals surface area contributed by atoms with Gasteiger partial charge in [0.2, 0.25) is 15.8 Å². The van der Waals surface area contributed by atoms with Gasteiger partial charge in [-0.1, -0.05) is 0 Å². The number of rotatable bonds is 8. The van der Waals surface area contributed by atoms with Crippen molar-refractivity contribution in [2.75, 3.05) is 14.2 Å². The van der Waals surface area contributed by atoms with E-state index in [4.69, 9.17) is 13.9 Å². The Kier molecular flexibility index (Phi) is 5.64.